The van der Waals surface area contributed by atoms with Crippen molar-refractivity contribution < 1.29 is 0 Å². The molecule has 0 fully saturated rings. The monoisotopic (exact) mass is 168 g/mol. The average Bonchev–Trinajstić information content (AvgIpc) is 2.01. The number of anilines is 2. The molecule has 1 aromatic rings. The Bertz CT molecular complexity index is 248. The molecule has 0 spiro atoms. The summed E-state index contributed by atoms with van der Waals surface area (Å²) >= 11 is 0. The Morgan fingerprint density at radius 3 is 2.83 bits per heavy atom. The number of nitrogen functional groups attached to an aromatic ring is 1. The quantitative estimate of drug-likeness (QED) is 0.586. The van der Waals surface area contributed by atoms with E-state index in [0.29, 0.717) is 12.6 Å². The number of rotatable bonds is 3. The molecule has 0 saturated carbocycles. The molecule has 0 aromatic carbocycles. The smallest absolute Gasteiger partial charge is 0.228 e. The Kier molecular flexibility index (Phi) is 2.76. The van der Waals surface area contributed by atoms with Crippen LogP contribution in [0.5, 0.6) is 0 Å². The van der Waals surface area contributed by atoms with Gasteiger partial charge < -0.3 is 11.1 Å². The molecule has 0 saturated heterocycles. The average molecular weight is 168 g/mol. The van der Waals surface area contributed by atoms with Gasteiger partial charge in [0.15, 0.2) is 0 Å². The lowest BCUT2D eigenvalue weighted by atomic mass is 10.8. The van der Waals surface area contributed by atoms with Gasteiger partial charge in [0.25, 0.3) is 0 Å². The van der Waals surface area contributed by atoms with Gasteiger partial charge in [0.1, 0.15) is 6.33 Å². The van der Waals surface area contributed by atoms with Crippen molar-refractivity contribution in [1.29, 1.82) is 0 Å². The molecule has 6 heteroatoms. The fourth-order valence-electron chi connectivity index (χ4n) is 0.623. The van der Waals surface area contributed by atoms with Gasteiger partial charge in [-0.1, -0.05) is 0 Å². The highest BCUT2D eigenvalue weighted by Gasteiger charge is 1.95. The molecule has 0 unspecified atom stereocenters. The number of nitrogens with zero attached hydrogens (tertiary/aromatic N) is 4. The second kappa shape index (κ2) is 3.82. The third kappa shape index (κ3) is 2.67. The van der Waals surface area contributed by atoms with Crippen molar-refractivity contribution in [3.05, 3.63) is 6.33 Å². The predicted molar refractivity (Wildman–Crippen MR) is 46.4 cm³/mol. The van der Waals surface area contributed by atoms with Crippen LogP contribution in [0.2, 0.25) is 0 Å². The molecule has 0 radical (unpaired) electrons. The molecule has 0 aliphatic carbocycles. The molecule has 0 atom stereocenters. The Balaban J connectivity index is 2.52. The summed E-state index contributed by atoms with van der Waals surface area (Å²) in [6.07, 6.45) is 1.38. The maximum Gasteiger partial charge on any atom is 0.228 e. The van der Waals surface area contributed by atoms with Crippen LogP contribution < -0.4 is 11.1 Å². The van der Waals surface area contributed by atoms with Gasteiger partial charge in [0, 0.05) is 0 Å². The lowest BCUT2D eigenvalue weighted by molar-refractivity contribution is 0.438. The first-order valence-corrected chi connectivity index (χ1v) is 3.51. The first-order valence-electron chi connectivity index (χ1n) is 3.51. The molecule has 1 aromatic heterocycles. The Labute approximate surface area is 70.8 Å². The molecule has 12 heavy (non-hydrogen) atoms. The van der Waals surface area contributed by atoms with Gasteiger partial charge >= 0.3 is 0 Å². The van der Waals surface area contributed by atoms with Crippen LogP contribution in [0.1, 0.15) is 0 Å². The molecular weight excluding hydrogens is 156 g/mol. The summed E-state index contributed by atoms with van der Waals surface area (Å²) in [5.74, 6) is 0.724. The van der Waals surface area contributed by atoms with Crippen molar-refractivity contribution in [1.82, 2.24) is 19.9 Å². The number of hydrogen-bond acceptors (Lipinski definition) is 6. The topological polar surface area (TPSA) is 80.0 Å². The van der Waals surface area contributed by atoms with E-state index < -0.39 is 0 Å². The predicted octanol–water partition coefficient (Wildman–Crippen LogP) is -0.615. The van der Waals surface area contributed by atoms with E-state index in [9.17, 15) is 0 Å². The Hall–Kier alpha value is -1.43. The van der Waals surface area contributed by atoms with Gasteiger partial charge in [0.05, 0.1) is 6.67 Å². The van der Waals surface area contributed by atoms with E-state index in [1.165, 1.54) is 6.33 Å². The van der Waals surface area contributed by atoms with Gasteiger partial charge in [-0.25, -0.2) is 9.97 Å². The van der Waals surface area contributed by atoms with E-state index in [0.717, 1.165) is 0 Å². The highest BCUT2D eigenvalue weighted by atomic mass is 15.2. The maximum absolute atomic E-state index is 5.35. The van der Waals surface area contributed by atoms with Crippen molar-refractivity contribution in [3.63, 3.8) is 0 Å². The van der Waals surface area contributed by atoms with Crippen LogP contribution in [0, 0.1) is 0 Å². The first-order chi connectivity index (χ1) is 5.68. The number of nitrogens with one attached hydrogen (secondary N) is 1. The summed E-state index contributed by atoms with van der Waals surface area (Å²) in [5.41, 5.74) is 5.35. The van der Waals surface area contributed by atoms with Crippen LogP contribution in [-0.2, 0) is 0 Å². The summed E-state index contributed by atoms with van der Waals surface area (Å²) in [6, 6.07) is 0. The molecule has 3 N–H and O–H groups in total. The van der Waals surface area contributed by atoms with Crippen LogP contribution in [0.4, 0.5) is 11.9 Å². The van der Waals surface area contributed by atoms with E-state index in [4.69, 9.17) is 5.73 Å². The van der Waals surface area contributed by atoms with E-state index >= 15 is 0 Å². The zero-order chi connectivity index (χ0) is 8.97. The number of nitrogens with two attached hydrogens (primary N) is 1. The van der Waals surface area contributed by atoms with Gasteiger partial charge in [-0.3, -0.25) is 4.90 Å². The Morgan fingerprint density at radius 1 is 1.50 bits per heavy atom. The largest absolute Gasteiger partial charge is 0.368 e. The van der Waals surface area contributed by atoms with Crippen molar-refractivity contribution in [2.45, 2.75) is 0 Å². The second-order valence-corrected chi connectivity index (χ2v) is 2.58. The lowest BCUT2D eigenvalue weighted by Gasteiger charge is -2.10. The maximum atomic E-state index is 5.35. The fraction of sp³-hybridized carbons (Fsp3) is 0.500. The van der Waals surface area contributed by atoms with Crippen LogP contribution in [0.3, 0.4) is 0 Å². The standard InChI is InChI=1S/C6H12N6/c1-12(2)4-10-6-9-3-8-5(7)11-6/h3H,4H2,1-2H3,(H3,7,8,9,10,11). The molecule has 6 nitrogen and oxygen atoms in total. The van der Waals surface area contributed by atoms with E-state index in [1.54, 1.807) is 0 Å². The summed E-state index contributed by atoms with van der Waals surface area (Å²) in [6.45, 7) is 0.670. The van der Waals surface area contributed by atoms with Gasteiger partial charge in [-0.05, 0) is 14.1 Å². The molecule has 66 valence electrons. The minimum absolute atomic E-state index is 0.228. The molecule has 0 bridgehead atoms. The van der Waals surface area contributed by atoms with Crippen LogP contribution in [0.25, 0.3) is 0 Å². The number of aromatic nitrogens is 3. The minimum Gasteiger partial charge on any atom is -0.368 e. The highest BCUT2D eigenvalue weighted by molar-refractivity contribution is 5.28. The minimum atomic E-state index is 0.228. The number of hydrogen-bond donors (Lipinski definition) is 2. The molecule has 0 amide bonds. The lowest BCUT2D eigenvalue weighted by Crippen LogP contribution is -2.21. The van der Waals surface area contributed by atoms with Crippen molar-refractivity contribution in [2.24, 2.45) is 0 Å². The normalized spacial score (nSPS) is 10.2. The second-order valence-electron chi connectivity index (χ2n) is 2.58. The Morgan fingerprint density at radius 2 is 2.25 bits per heavy atom. The van der Waals surface area contributed by atoms with E-state index in [2.05, 4.69) is 20.3 Å². The van der Waals surface area contributed by atoms with Gasteiger partial charge in [-0.2, -0.15) is 4.98 Å². The van der Waals surface area contributed by atoms with Crippen molar-refractivity contribution in [2.75, 3.05) is 31.8 Å². The molecule has 0 aliphatic heterocycles. The third-order valence-electron chi connectivity index (χ3n) is 1.14. The van der Waals surface area contributed by atoms with Crippen LogP contribution in [-0.4, -0.2) is 40.6 Å². The highest BCUT2D eigenvalue weighted by Crippen LogP contribution is 1.96. The zero-order valence-corrected chi connectivity index (χ0v) is 7.15. The van der Waals surface area contributed by atoms with Gasteiger partial charge in [-0.15, -0.1) is 0 Å². The summed E-state index contributed by atoms with van der Waals surface area (Å²) < 4.78 is 0. The van der Waals surface area contributed by atoms with Crippen molar-refractivity contribution in [3.8, 4) is 0 Å². The van der Waals surface area contributed by atoms with Crippen LogP contribution >= 0.6 is 0 Å². The molecular formula is C6H12N6. The van der Waals surface area contributed by atoms with Crippen LogP contribution in [0.15, 0.2) is 6.33 Å². The molecule has 1 rings (SSSR count). The first kappa shape index (κ1) is 8.66. The van der Waals surface area contributed by atoms with E-state index in [1.807, 2.05) is 19.0 Å². The zero-order valence-electron chi connectivity index (χ0n) is 7.15. The molecule has 0 aliphatic rings. The summed E-state index contributed by atoms with van der Waals surface area (Å²) in [4.78, 5) is 13.4. The SMILES string of the molecule is CN(C)CNc1ncnc(N)n1. The summed E-state index contributed by atoms with van der Waals surface area (Å²) in [7, 11) is 3.88. The van der Waals surface area contributed by atoms with Gasteiger partial charge in [0.2, 0.25) is 11.9 Å². The molecule has 1 heterocycles. The fourth-order valence-corrected chi connectivity index (χ4v) is 0.623. The van der Waals surface area contributed by atoms with E-state index in [-0.39, 0.29) is 5.95 Å². The summed E-state index contributed by atoms with van der Waals surface area (Å²) in [5, 5.41) is 2.97. The third-order valence-corrected chi connectivity index (χ3v) is 1.14. The van der Waals surface area contributed by atoms with Crippen molar-refractivity contribution >= 4 is 11.9 Å².